The number of pyridine rings is 1. The van der Waals surface area contributed by atoms with Gasteiger partial charge >= 0.3 is 0 Å². The molecule has 8 heteroatoms. The van der Waals surface area contributed by atoms with E-state index in [1.54, 1.807) is 17.7 Å². The van der Waals surface area contributed by atoms with E-state index in [4.69, 9.17) is 9.47 Å². The molecule has 1 aliphatic heterocycles. The Kier molecular flexibility index (Phi) is 6.27. The molecule has 164 valence electrons. The Balaban J connectivity index is 1.29. The summed E-state index contributed by atoms with van der Waals surface area (Å²) < 4.78 is 12.8. The van der Waals surface area contributed by atoms with Crippen LogP contribution in [0.25, 0.3) is 5.65 Å². The number of likely N-dealkylation sites (N-methyl/N-ethyl adjacent to an activating group) is 1. The van der Waals surface area contributed by atoms with Crippen molar-refractivity contribution in [2.24, 2.45) is 0 Å². The third kappa shape index (κ3) is 4.74. The highest BCUT2D eigenvalue weighted by molar-refractivity contribution is 5.94. The van der Waals surface area contributed by atoms with Crippen molar-refractivity contribution in [3.05, 3.63) is 54.0 Å². The second-order valence-corrected chi connectivity index (χ2v) is 7.73. The maximum absolute atomic E-state index is 12.7. The Morgan fingerprint density at radius 2 is 1.77 bits per heavy atom. The highest BCUT2D eigenvalue weighted by Gasteiger charge is 2.17. The van der Waals surface area contributed by atoms with Crippen molar-refractivity contribution < 1.29 is 14.3 Å². The molecular weight excluding hydrogens is 394 g/mol. The molecule has 1 saturated heterocycles. The predicted molar refractivity (Wildman–Crippen MR) is 120 cm³/mol. The summed E-state index contributed by atoms with van der Waals surface area (Å²) >= 11 is 0. The van der Waals surface area contributed by atoms with E-state index in [0.717, 1.165) is 31.9 Å². The van der Waals surface area contributed by atoms with Crippen LogP contribution in [0.2, 0.25) is 0 Å². The summed E-state index contributed by atoms with van der Waals surface area (Å²) in [5.41, 5.74) is 3.10. The quantitative estimate of drug-likeness (QED) is 0.588. The molecule has 1 fully saturated rings. The van der Waals surface area contributed by atoms with Crippen molar-refractivity contribution in [3.8, 4) is 11.5 Å². The molecule has 0 aliphatic carbocycles. The van der Waals surface area contributed by atoms with Crippen LogP contribution < -0.4 is 19.7 Å². The van der Waals surface area contributed by atoms with Gasteiger partial charge in [0.15, 0.2) is 0 Å². The summed E-state index contributed by atoms with van der Waals surface area (Å²) in [5.74, 6) is 1.28. The first-order valence-corrected chi connectivity index (χ1v) is 10.5. The summed E-state index contributed by atoms with van der Waals surface area (Å²) in [7, 11) is 3.75. The van der Waals surface area contributed by atoms with Gasteiger partial charge in [-0.05, 0) is 50.4 Å². The Labute approximate surface area is 182 Å². The minimum Gasteiger partial charge on any atom is -0.495 e. The van der Waals surface area contributed by atoms with E-state index in [-0.39, 0.29) is 5.91 Å². The summed E-state index contributed by atoms with van der Waals surface area (Å²) in [6.07, 6.45) is 1.77. The van der Waals surface area contributed by atoms with E-state index in [0.29, 0.717) is 35.9 Å². The first-order chi connectivity index (χ1) is 15.0. The second kappa shape index (κ2) is 9.26. The standard InChI is InChI=1S/C23H29N5O3/c1-17-22(28-16-20(30-3)8-9-21(28)25-17)23(29)24-10-15-31-19-6-4-18(5-7-19)27-13-11-26(2)12-14-27/h4-9,16H,10-15H2,1-3H3,(H,24,29). The lowest BCUT2D eigenvalue weighted by Gasteiger charge is -2.34. The number of piperazine rings is 1. The second-order valence-electron chi connectivity index (χ2n) is 7.73. The molecule has 1 N–H and O–H groups in total. The fraction of sp³-hybridized carbons (Fsp3) is 0.391. The van der Waals surface area contributed by atoms with E-state index in [9.17, 15) is 4.79 Å². The molecule has 1 amide bonds. The highest BCUT2D eigenvalue weighted by atomic mass is 16.5. The summed E-state index contributed by atoms with van der Waals surface area (Å²) in [5, 5.41) is 2.91. The number of ether oxygens (including phenoxy) is 2. The zero-order chi connectivity index (χ0) is 21.8. The Bertz CT molecular complexity index is 1040. The van der Waals surface area contributed by atoms with Gasteiger partial charge in [0.2, 0.25) is 0 Å². The van der Waals surface area contributed by atoms with E-state index < -0.39 is 0 Å². The van der Waals surface area contributed by atoms with Gasteiger partial charge in [0.1, 0.15) is 29.4 Å². The van der Waals surface area contributed by atoms with Crippen LogP contribution in [0.15, 0.2) is 42.6 Å². The van der Waals surface area contributed by atoms with Crippen molar-refractivity contribution in [1.29, 1.82) is 0 Å². The minimum absolute atomic E-state index is 0.188. The molecule has 2 aromatic heterocycles. The fourth-order valence-electron chi connectivity index (χ4n) is 3.77. The van der Waals surface area contributed by atoms with Crippen LogP contribution in [0.4, 0.5) is 5.69 Å². The minimum atomic E-state index is -0.188. The predicted octanol–water partition coefficient (Wildman–Crippen LogP) is 2.21. The summed E-state index contributed by atoms with van der Waals surface area (Å²) in [4.78, 5) is 21.9. The zero-order valence-corrected chi connectivity index (χ0v) is 18.3. The van der Waals surface area contributed by atoms with E-state index in [1.165, 1.54) is 5.69 Å². The maximum atomic E-state index is 12.7. The molecule has 0 radical (unpaired) electrons. The van der Waals surface area contributed by atoms with E-state index >= 15 is 0 Å². The molecule has 8 nitrogen and oxygen atoms in total. The van der Waals surface area contributed by atoms with Crippen molar-refractivity contribution in [1.82, 2.24) is 19.6 Å². The number of methoxy groups -OCH3 is 1. The van der Waals surface area contributed by atoms with Crippen LogP contribution in [-0.4, -0.2) is 73.7 Å². The van der Waals surface area contributed by atoms with Gasteiger partial charge in [-0.25, -0.2) is 4.98 Å². The molecule has 3 heterocycles. The van der Waals surface area contributed by atoms with Gasteiger partial charge in [-0.15, -0.1) is 0 Å². The monoisotopic (exact) mass is 423 g/mol. The molecular formula is C23H29N5O3. The number of fused-ring (bicyclic) bond motifs is 1. The van der Waals surface area contributed by atoms with Crippen molar-refractivity contribution in [2.45, 2.75) is 6.92 Å². The van der Waals surface area contributed by atoms with Crippen LogP contribution >= 0.6 is 0 Å². The van der Waals surface area contributed by atoms with Gasteiger partial charge in [0.25, 0.3) is 5.91 Å². The Hall–Kier alpha value is -3.26. The number of benzene rings is 1. The van der Waals surface area contributed by atoms with Crippen LogP contribution in [0.1, 0.15) is 16.2 Å². The molecule has 0 saturated carbocycles. The number of hydrogen-bond donors (Lipinski definition) is 1. The average Bonchev–Trinajstić information content (AvgIpc) is 3.12. The van der Waals surface area contributed by atoms with E-state index in [1.807, 2.05) is 31.2 Å². The molecule has 3 aromatic rings. The third-order valence-corrected chi connectivity index (χ3v) is 5.58. The number of aryl methyl sites for hydroxylation is 1. The normalized spacial score (nSPS) is 14.6. The first-order valence-electron chi connectivity index (χ1n) is 10.5. The third-order valence-electron chi connectivity index (χ3n) is 5.58. The first kappa shape index (κ1) is 21.0. The number of amides is 1. The molecule has 1 aliphatic rings. The largest absolute Gasteiger partial charge is 0.495 e. The van der Waals surface area contributed by atoms with Crippen LogP contribution in [-0.2, 0) is 0 Å². The number of imidazole rings is 1. The van der Waals surface area contributed by atoms with Gasteiger partial charge < -0.3 is 24.6 Å². The number of rotatable bonds is 7. The summed E-state index contributed by atoms with van der Waals surface area (Å²) in [6.45, 7) is 6.85. The number of nitrogens with one attached hydrogen (secondary N) is 1. The van der Waals surface area contributed by atoms with Crippen molar-refractivity contribution in [2.75, 3.05) is 58.4 Å². The average molecular weight is 424 g/mol. The molecule has 1 aromatic carbocycles. The summed E-state index contributed by atoms with van der Waals surface area (Å²) in [6, 6.07) is 11.8. The van der Waals surface area contributed by atoms with Gasteiger partial charge in [0.05, 0.1) is 25.5 Å². The highest BCUT2D eigenvalue weighted by Crippen LogP contribution is 2.21. The Morgan fingerprint density at radius 1 is 1.06 bits per heavy atom. The molecule has 31 heavy (non-hydrogen) atoms. The number of nitrogens with zero attached hydrogens (tertiary/aromatic N) is 4. The van der Waals surface area contributed by atoms with E-state index in [2.05, 4.69) is 39.3 Å². The maximum Gasteiger partial charge on any atom is 0.270 e. The smallest absolute Gasteiger partial charge is 0.270 e. The van der Waals surface area contributed by atoms with Gasteiger partial charge in [-0.2, -0.15) is 0 Å². The zero-order valence-electron chi connectivity index (χ0n) is 18.3. The lowest BCUT2D eigenvalue weighted by Crippen LogP contribution is -2.44. The fourth-order valence-corrected chi connectivity index (χ4v) is 3.77. The van der Waals surface area contributed by atoms with Gasteiger partial charge in [0, 0.05) is 31.9 Å². The number of hydrogen-bond acceptors (Lipinski definition) is 6. The number of anilines is 1. The van der Waals surface area contributed by atoms with Gasteiger partial charge in [-0.1, -0.05) is 0 Å². The van der Waals surface area contributed by atoms with Crippen molar-refractivity contribution >= 4 is 17.2 Å². The number of carbonyl (C=O) groups is 1. The SMILES string of the molecule is COc1ccc2nc(C)c(C(=O)NCCOc3ccc(N4CCN(C)CC4)cc3)n2c1. The lowest BCUT2D eigenvalue weighted by atomic mass is 10.2. The topological polar surface area (TPSA) is 71.3 Å². The molecule has 0 spiro atoms. The van der Waals surface area contributed by atoms with Crippen molar-refractivity contribution in [3.63, 3.8) is 0 Å². The van der Waals surface area contributed by atoms with Crippen LogP contribution in [0, 0.1) is 6.92 Å². The molecule has 0 atom stereocenters. The molecule has 0 bridgehead atoms. The number of aromatic nitrogens is 2. The molecule has 4 rings (SSSR count). The Morgan fingerprint density at radius 3 is 2.48 bits per heavy atom. The van der Waals surface area contributed by atoms with Crippen LogP contribution in [0.3, 0.4) is 0 Å². The molecule has 0 unspecified atom stereocenters. The van der Waals surface area contributed by atoms with Gasteiger partial charge in [-0.3, -0.25) is 9.20 Å². The van der Waals surface area contributed by atoms with Crippen LogP contribution in [0.5, 0.6) is 11.5 Å². The number of carbonyl (C=O) groups excluding carboxylic acids is 1. The lowest BCUT2D eigenvalue weighted by molar-refractivity contribution is 0.0940.